The van der Waals surface area contributed by atoms with Crippen molar-refractivity contribution in [2.45, 2.75) is 31.2 Å². The van der Waals surface area contributed by atoms with Gasteiger partial charge in [0.25, 0.3) is 0 Å². The van der Waals surface area contributed by atoms with Crippen LogP contribution < -0.4 is 14.2 Å². The van der Waals surface area contributed by atoms with E-state index in [-0.39, 0.29) is 4.90 Å². The molecule has 3 rings (SSSR count). The van der Waals surface area contributed by atoms with Gasteiger partial charge in [0, 0.05) is 0 Å². The van der Waals surface area contributed by atoms with Crippen LogP contribution in [-0.2, 0) is 16.4 Å². The molecule has 0 aliphatic heterocycles. The first-order valence-electron chi connectivity index (χ1n) is 9.69. The number of methoxy groups -OCH3 is 2. The van der Waals surface area contributed by atoms with Crippen LogP contribution in [0.1, 0.15) is 28.3 Å². The summed E-state index contributed by atoms with van der Waals surface area (Å²) < 4.78 is 39.6. The molecule has 0 amide bonds. The van der Waals surface area contributed by atoms with Crippen LogP contribution in [0.5, 0.6) is 11.5 Å². The zero-order valence-corrected chi connectivity index (χ0v) is 18.5. The average molecular weight is 426 g/mol. The van der Waals surface area contributed by atoms with E-state index >= 15 is 0 Å². The highest BCUT2D eigenvalue weighted by Crippen LogP contribution is 2.25. The van der Waals surface area contributed by atoms with Gasteiger partial charge in [-0.25, -0.2) is 13.1 Å². The Labute approximate surface area is 178 Å². The summed E-state index contributed by atoms with van der Waals surface area (Å²) in [4.78, 5) is 0.263. The van der Waals surface area contributed by atoms with Gasteiger partial charge >= 0.3 is 0 Å². The lowest BCUT2D eigenvalue weighted by molar-refractivity contribution is 0.414. The molecule has 3 aromatic rings. The third-order valence-corrected chi connectivity index (χ3v) is 6.67. The van der Waals surface area contributed by atoms with Gasteiger partial charge in [0.1, 0.15) is 11.5 Å². The van der Waals surface area contributed by atoms with Crippen LogP contribution in [0.2, 0.25) is 0 Å². The number of nitrogens with one attached hydrogen (secondary N) is 1. The number of aryl methyl sites for hydroxylation is 2. The van der Waals surface area contributed by atoms with Crippen molar-refractivity contribution < 1.29 is 17.9 Å². The van der Waals surface area contributed by atoms with Crippen molar-refractivity contribution in [3.05, 3.63) is 89.0 Å². The highest BCUT2D eigenvalue weighted by molar-refractivity contribution is 7.89. The first kappa shape index (κ1) is 21.9. The fourth-order valence-corrected chi connectivity index (χ4v) is 4.51. The Kier molecular flexibility index (Phi) is 6.80. The molecule has 3 aromatic carbocycles. The summed E-state index contributed by atoms with van der Waals surface area (Å²) in [6.07, 6.45) is 0.500. The number of rotatable bonds is 8. The molecule has 0 bridgehead atoms. The largest absolute Gasteiger partial charge is 0.497 e. The molecule has 0 heterocycles. The molecule has 5 nitrogen and oxygen atoms in total. The van der Waals surface area contributed by atoms with Crippen molar-refractivity contribution in [2.24, 2.45) is 0 Å². The molecule has 6 heteroatoms. The second-order valence-corrected chi connectivity index (χ2v) is 8.96. The molecule has 0 saturated carbocycles. The molecule has 0 fully saturated rings. The minimum atomic E-state index is -3.70. The minimum absolute atomic E-state index is 0.263. The van der Waals surface area contributed by atoms with E-state index < -0.39 is 16.1 Å². The van der Waals surface area contributed by atoms with E-state index in [9.17, 15) is 8.42 Å². The van der Waals surface area contributed by atoms with E-state index in [1.165, 1.54) is 0 Å². The van der Waals surface area contributed by atoms with Crippen molar-refractivity contribution in [1.82, 2.24) is 4.72 Å². The Balaban J connectivity index is 1.93. The van der Waals surface area contributed by atoms with E-state index in [2.05, 4.69) is 4.72 Å². The van der Waals surface area contributed by atoms with Gasteiger partial charge in [-0.3, -0.25) is 0 Å². The Morgan fingerprint density at radius 1 is 0.800 bits per heavy atom. The number of sulfonamides is 1. The van der Waals surface area contributed by atoms with Crippen LogP contribution in [0.25, 0.3) is 0 Å². The first-order chi connectivity index (χ1) is 14.3. The molecular weight excluding hydrogens is 398 g/mol. The SMILES string of the molecule is COc1ccc(CC(NS(=O)(=O)c2ccc(C)c(C)c2)c2ccc(OC)cc2)cc1. The van der Waals surface area contributed by atoms with Gasteiger partial charge < -0.3 is 9.47 Å². The fraction of sp³-hybridized carbons (Fsp3) is 0.250. The van der Waals surface area contributed by atoms with Crippen molar-refractivity contribution in [2.75, 3.05) is 14.2 Å². The highest BCUT2D eigenvalue weighted by atomic mass is 32.2. The predicted molar refractivity (Wildman–Crippen MR) is 119 cm³/mol. The van der Waals surface area contributed by atoms with Crippen molar-refractivity contribution >= 4 is 10.0 Å². The topological polar surface area (TPSA) is 64.6 Å². The maximum absolute atomic E-state index is 13.1. The van der Waals surface area contributed by atoms with E-state index in [4.69, 9.17) is 9.47 Å². The maximum Gasteiger partial charge on any atom is 0.241 e. The highest BCUT2D eigenvalue weighted by Gasteiger charge is 2.22. The minimum Gasteiger partial charge on any atom is -0.497 e. The zero-order chi connectivity index (χ0) is 21.7. The maximum atomic E-state index is 13.1. The molecule has 0 radical (unpaired) electrons. The summed E-state index contributed by atoms with van der Waals surface area (Å²) in [5, 5.41) is 0. The third-order valence-electron chi connectivity index (χ3n) is 5.20. The molecule has 0 aliphatic carbocycles. The summed E-state index contributed by atoms with van der Waals surface area (Å²) in [6.45, 7) is 3.87. The van der Waals surface area contributed by atoms with Gasteiger partial charge in [0.2, 0.25) is 10.0 Å². The second-order valence-electron chi connectivity index (χ2n) is 7.25. The lowest BCUT2D eigenvalue weighted by Gasteiger charge is -2.20. The summed E-state index contributed by atoms with van der Waals surface area (Å²) in [5.41, 5.74) is 3.85. The Bertz CT molecular complexity index is 1090. The van der Waals surface area contributed by atoms with Crippen molar-refractivity contribution in [1.29, 1.82) is 0 Å². The molecule has 0 saturated heterocycles. The molecule has 30 heavy (non-hydrogen) atoms. The predicted octanol–water partition coefficient (Wildman–Crippen LogP) is 4.58. The van der Waals surface area contributed by atoms with Crippen LogP contribution in [0.15, 0.2) is 71.6 Å². The van der Waals surface area contributed by atoms with Gasteiger partial charge in [-0.2, -0.15) is 0 Å². The molecule has 158 valence electrons. The molecule has 0 aromatic heterocycles. The lowest BCUT2D eigenvalue weighted by atomic mass is 9.99. The quantitative estimate of drug-likeness (QED) is 0.574. The summed E-state index contributed by atoms with van der Waals surface area (Å²) in [7, 11) is -0.480. The normalized spacial score (nSPS) is 12.4. The first-order valence-corrected chi connectivity index (χ1v) is 11.2. The standard InChI is InChI=1S/C24H27NO4S/c1-17-5-14-23(15-18(17)2)30(26,27)25-24(20-8-12-22(29-4)13-9-20)16-19-6-10-21(28-3)11-7-19/h5-15,24-25H,16H2,1-4H3. The number of hydrogen-bond donors (Lipinski definition) is 1. The fourth-order valence-electron chi connectivity index (χ4n) is 3.20. The molecule has 0 spiro atoms. The molecular formula is C24H27NO4S. The van der Waals surface area contributed by atoms with Gasteiger partial charge in [0.15, 0.2) is 0 Å². The number of hydrogen-bond acceptors (Lipinski definition) is 4. The average Bonchev–Trinajstić information content (AvgIpc) is 2.75. The van der Waals surface area contributed by atoms with E-state index in [0.717, 1.165) is 33.8 Å². The molecule has 1 unspecified atom stereocenters. The van der Waals surface area contributed by atoms with Crippen LogP contribution in [0, 0.1) is 13.8 Å². The lowest BCUT2D eigenvalue weighted by Crippen LogP contribution is -2.30. The third kappa shape index (κ3) is 5.20. The summed E-state index contributed by atoms with van der Waals surface area (Å²) in [6, 6.07) is 19.8. The Morgan fingerprint density at radius 2 is 1.37 bits per heavy atom. The van der Waals surface area contributed by atoms with Crippen LogP contribution in [0.3, 0.4) is 0 Å². The Hall–Kier alpha value is -2.83. The van der Waals surface area contributed by atoms with Gasteiger partial charge in [-0.15, -0.1) is 0 Å². The smallest absolute Gasteiger partial charge is 0.241 e. The van der Waals surface area contributed by atoms with Gasteiger partial charge in [0.05, 0.1) is 25.2 Å². The van der Waals surface area contributed by atoms with E-state index in [1.807, 2.05) is 68.4 Å². The van der Waals surface area contributed by atoms with Crippen molar-refractivity contribution in [3.63, 3.8) is 0 Å². The second kappa shape index (κ2) is 9.32. The van der Waals surface area contributed by atoms with E-state index in [0.29, 0.717) is 6.42 Å². The van der Waals surface area contributed by atoms with Crippen molar-refractivity contribution in [3.8, 4) is 11.5 Å². The summed E-state index contributed by atoms with van der Waals surface area (Å²) >= 11 is 0. The van der Waals surface area contributed by atoms with E-state index in [1.54, 1.807) is 26.4 Å². The van der Waals surface area contributed by atoms with Gasteiger partial charge in [-0.05, 0) is 78.9 Å². The van der Waals surface area contributed by atoms with Crippen LogP contribution >= 0.6 is 0 Å². The number of ether oxygens (including phenoxy) is 2. The Morgan fingerprint density at radius 3 is 1.90 bits per heavy atom. The summed E-state index contributed by atoms with van der Waals surface area (Å²) in [5.74, 6) is 1.48. The molecule has 1 N–H and O–H groups in total. The molecule has 1 atom stereocenters. The molecule has 0 aliphatic rings. The zero-order valence-electron chi connectivity index (χ0n) is 17.7. The van der Waals surface area contributed by atoms with Crippen LogP contribution in [-0.4, -0.2) is 22.6 Å². The van der Waals surface area contributed by atoms with Crippen LogP contribution in [0.4, 0.5) is 0 Å². The number of benzene rings is 3. The van der Waals surface area contributed by atoms with Gasteiger partial charge in [-0.1, -0.05) is 30.3 Å². The monoisotopic (exact) mass is 425 g/mol.